The topological polar surface area (TPSA) is 135 Å². The van der Waals surface area contributed by atoms with Crippen LogP contribution in [0.4, 0.5) is 11.6 Å². The zero-order valence-electron chi connectivity index (χ0n) is 16.7. The fourth-order valence-electron chi connectivity index (χ4n) is 3.11. The average molecular weight is 395 g/mol. The SMILES string of the molecule is CC(C)(C)CC(C=O)Nc1cnc(C(N)=O)c(NC2=CC3N=CC=CC3N=C2)n1. The summed E-state index contributed by atoms with van der Waals surface area (Å²) in [5.74, 6) is -0.156. The molecule has 3 heterocycles. The maximum absolute atomic E-state index is 11.8. The van der Waals surface area contributed by atoms with Crippen molar-refractivity contribution in [3.8, 4) is 0 Å². The quantitative estimate of drug-likeness (QED) is 0.602. The van der Waals surface area contributed by atoms with Crippen LogP contribution in [-0.2, 0) is 4.79 Å². The Kier molecular flexibility index (Phi) is 5.86. The first-order valence-electron chi connectivity index (χ1n) is 9.36. The number of allylic oxidation sites excluding steroid dienone is 2. The number of carbonyl (C=O) groups is 2. The monoisotopic (exact) mass is 395 g/mol. The molecule has 9 heteroatoms. The smallest absolute Gasteiger partial charge is 0.271 e. The minimum absolute atomic E-state index is 0.00232. The van der Waals surface area contributed by atoms with E-state index in [1.165, 1.54) is 6.20 Å². The second kappa shape index (κ2) is 8.34. The molecule has 3 unspecified atom stereocenters. The van der Waals surface area contributed by atoms with Crippen LogP contribution in [-0.4, -0.2) is 52.7 Å². The number of nitrogens with two attached hydrogens (primary N) is 1. The Morgan fingerprint density at radius 1 is 1.31 bits per heavy atom. The predicted molar refractivity (Wildman–Crippen MR) is 114 cm³/mol. The van der Waals surface area contributed by atoms with Crippen molar-refractivity contribution in [2.45, 2.75) is 45.3 Å². The number of amides is 1. The van der Waals surface area contributed by atoms with E-state index in [1.54, 1.807) is 12.4 Å². The number of aldehydes is 1. The molecular formula is C20H25N7O2. The van der Waals surface area contributed by atoms with E-state index in [9.17, 15) is 9.59 Å². The molecule has 2 aliphatic heterocycles. The van der Waals surface area contributed by atoms with E-state index >= 15 is 0 Å². The number of carbonyl (C=O) groups excluding carboxylic acids is 2. The molecule has 0 saturated carbocycles. The maximum atomic E-state index is 11.8. The van der Waals surface area contributed by atoms with Gasteiger partial charge in [0.1, 0.15) is 12.1 Å². The molecule has 9 nitrogen and oxygen atoms in total. The normalized spacial score (nSPS) is 21.1. The molecule has 1 aromatic rings. The Morgan fingerprint density at radius 3 is 2.79 bits per heavy atom. The van der Waals surface area contributed by atoms with Gasteiger partial charge in [-0.2, -0.15) is 0 Å². The van der Waals surface area contributed by atoms with Crippen molar-refractivity contribution in [3.63, 3.8) is 0 Å². The van der Waals surface area contributed by atoms with Crippen LogP contribution in [0.1, 0.15) is 37.7 Å². The summed E-state index contributed by atoms with van der Waals surface area (Å²) in [6.07, 6.45) is 12.0. The summed E-state index contributed by atoms with van der Waals surface area (Å²) in [4.78, 5) is 40.6. The first-order chi connectivity index (χ1) is 13.7. The van der Waals surface area contributed by atoms with Crippen LogP contribution in [0.15, 0.2) is 40.1 Å². The van der Waals surface area contributed by atoms with Crippen LogP contribution in [0.5, 0.6) is 0 Å². The van der Waals surface area contributed by atoms with E-state index in [2.05, 4.69) is 30.6 Å². The lowest BCUT2D eigenvalue weighted by atomic mass is 9.88. The molecule has 1 aromatic heterocycles. The Hall–Kier alpha value is -3.36. The molecule has 2 aliphatic rings. The predicted octanol–water partition coefficient (Wildman–Crippen LogP) is 1.75. The van der Waals surface area contributed by atoms with Crippen LogP contribution in [0.3, 0.4) is 0 Å². The number of fused-ring (bicyclic) bond motifs is 1. The molecular weight excluding hydrogens is 370 g/mol. The maximum Gasteiger partial charge on any atom is 0.271 e. The molecule has 0 aromatic carbocycles. The number of anilines is 2. The highest BCUT2D eigenvalue weighted by Gasteiger charge is 2.23. The highest BCUT2D eigenvalue weighted by Crippen LogP contribution is 2.23. The van der Waals surface area contributed by atoms with Crippen LogP contribution in [0.2, 0.25) is 0 Å². The number of hydrogen-bond donors (Lipinski definition) is 3. The van der Waals surface area contributed by atoms with Crippen LogP contribution < -0.4 is 16.4 Å². The number of rotatable bonds is 7. The van der Waals surface area contributed by atoms with E-state index in [-0.39, 0.29) is 29.0 Å². The third kappa shape index (κ3) is 5.34. The largest absolute Gasteiger partial charge is 0.364 e. The first kappa shape index (κ1) is 20.4. The van der Waals surface area contributed by atoms with Gasteiger partial charge in [0.25, 0.3) is 5.91 Å². The molecule has 0 bridgehead atoms. The molecule has 0 fully saturated rings. The van der Waals surface area contributed by atoms with E-state index in [0.29, 0.717) is 17.9 Å². The Balaban J connectivity index is 1.82. The molecule has 152 valence electrons. The van der Waals surface area contributed by atoms with Gasteiger partial charge in [0.15, 0.2) is 11.5 Å². The van der Waals surface area contributed by atoms with Gasteiger partial charge >= 0.3 is 0 Å². The lowest BCUT2D eigenvalue weighted by Gasteiger charge is -2.24. The number of hydrogen-bond acceptors (Lipinski definition) is 8. The summed E-state index contributed by atoms with van der Waals surface area (Å²) >= 11 is 0. The molecule has 1 amide bonds. The highest BCUT2D eigenvalue weighted by atomic mass is 16.1. The fourth-order valence-corrected chi connectivity index (χ4v) is 3.11. The van der Waals surface area contributed by atoms with Gasteiger partial charge in [-0.05, 0) is 24.0 Å². The summed E-state index contributed by atoms with van der Waals surface area (Å²) in [6, 6.07) is -0.591. The van der Waals surface area contributed by atoms with Crippen LogP contribution in [0, 0.1) is 5.41 Å². The first-order valence-corrected chi connectivity index (χ1v) is 9.36. The van der Waals surface area contributed by atoms with Gasteiger partial charge in [-0.15, -0.1) is 0 Å². The molecule has 4 N–H and O–H groups in total. The van der Waals surface area contributed by atoms with Gasteiger partial charge in [-0.3, -0.25) is 14.8 Å². The minimum Gasteiger partial charge on any atom is -0.364 e. The highest BCUT2D eigenvalue weighted by molar-refractivity contribution is 5.97. The molecule has 0 saturated heterocycles. The standard InChI is InChI=1S/C20H25N7O2/c1-20(2,3)8-13(11-28)25-16-10-24-17(18(21)29)19(27-16)26-12-7-15-14(23-9-12)5-4-6-22-15/h4-7,9-11,13-15H,8H2,1-3H3,(H2,21,29)(H2,25,26,27). The van der Waals surface area contributed by atoms with Crippen molar-refractivity contribution in [2.75, 3.05) is 10.6 Å². The Labute approximate surface area is 169 Å². The van der Waals surface area contributed by atoms with Crippen LogP contribution in [0.25, 0.3) is 0 Å². The molecule has 0 radical (unpaired) electrons. The summed E-state index contributed by atoms with van der Waals surface area (Å²) in [5.41, 5.74) is 6.03. The molecule has 0 aliphatic carbocycles. The fraction of sp³-hybridized carbons (Fsp3) is 0.400. The molecule has 29 heavy (non-hydrogen) atoms. The van der Waals surface area contributed by atoms with Crippen molar-refractivity contribution in [2.24, 2.45) is 21.1 Å². The van der Waals surface area contributed by atoms with Gasteiger partial charge in [0.05, 0.1) is 30.0 Å². The van der Waals surface area contributed by atoms with Gasteiger partial charge in [-0.1, -0.05) is 26.8 Å². The minimum atomic E-state index is -0.710. The average Bonchev–Trinajstić information content (AvgIpc) is 2.66. The third-order valence-electron chi connectivity index (χ3n) is 4.34. The number of dihydropyridines is 2. The molecule has 3 rings (SSSR count). The number of aromatic nitrogens is 2. The second-order valence-electron chi connectivity index (χ2n) is 8.16. The Morgan fingerprint density at radius 2 is 2.10 bits per heavy atom. The number of nitrogens with zero attached hydrogens (tertiary/aromatic N) is 4. The summed E-state index contributed by atoms with van der Waals surface area (Å²) in [6.45, 7) is 6.14. The van der Waals surface area contributed by atoms with E-state index < -0.39 is 11.9 Å². The lowest BCUT2D eigenvalue weighted by molar-refractivity contribution is -0.109. The number of nitrogens with one attached hydrogen (secondary N) is 2. The third-order valence-corrected chi connectivity index (χ3v) is 4.34. The molecule has 3 atom stereocenters. The Bertz CT molecular complexity index is 912. The van der Waals surface area contributed by atoms with Gasteiger partial charge in [-0.25, -0.2) is 9.97 Å². The van der Waals surface area contributed by atoms with Crippen molar-refractivity contribution >= 4 is 36.3 Å². The number of aliphatic imine (C=N–C) groups is 2. The summed E-state index contributed by atoms with van der Waals surface area (Å²) in [7, 11) is 0. The van der Waals surface area contributed by atoms with E-state index in [4.69, 9.17) is 5.73 Å². The van der Waals surface area contributed by atoms with Crippen molar-refractivity contribution in [1.82, 2.24) is 9.97 Å². The second-order valence-corrected chi connectivity index (χ2v) is 8.16. The van der Waals surface area contributed by atoms with Crippen molar-refractivity contribution < 1.29 is 9.59 Å². The van der Waals surface area contributed by atoms with Gasteiger partial charge < -0.3 is 21.2 Å². The van der Waals surface area contributed by atoms with E-state index in [1.807, 2.05) is 39.0 Å². The molecule has 0 spiro atoms. The summed E-state index contributed by atoms with van der Waals surface area (Å²) < 4.78 is 0. The van der Waals surface area contributed by atoms with E-state index in [0.717, 1.165) is 6.29 Å². The van der Waals surface area contributed by atoms with Crippen LogP contribution >= 0.6 is 0 Å². The lowest BCUT2D eigenvalue weighted by Crippen LogP contribution is -2.29. The zero-order chi connectivity index (χ0) is 21.0. The van der Waals surface area contributed by atoms with Gasteiger partial charge in [0.2, 0.25) is 0 Å². The number of primary amides is 1. The van der Waals surface area contributed by atoms with Crippen molar-refractivity contribution in [1.29, 1.82) is 0 Å². The zero-order valence-corrected chi connectivity index (χ0v) is 16.7. The van der Waals surface area contributed by atoms with Gasteiger partial charge in [0, 0.05) is 12.4 Å². The van der Waals surface area contributed by atoms with Crippen molar-refractivity contribution in [3.05, 3.63) is 35.8 Å². The summed E-state index contributed by atoms with van der Waals surface area (Å²) in [5, 5.41) is 6.11.